The lowest BCUT2D eigenvalue weighted by Crippen LogP contribution is -2.38. The Morgan fingerprint density at radius 2 is 1.88 bits per heavy atom. The van der Waals surface area contributed by atoms with Crippen molar-refractivity contribution in [2.45, 2.75) is 91.3 Å². The monoisotopic (exact) mass is 453 g/mol. The average Bonchev–Trinajstić information content (AvgIpc) is 2.72. The van der Waals surface area contributed by atoms with E-state index in [-0.39, 0.29) is 18.0 Å². The summed E-state index contributed by atoms with van der Waals surface area (Å²) in [5.74, 6) is -0.168. The predicted molar refractivity (Wildman–Crippen MR) is 134 cm³/mol. The van der Waals surface area contributed by atoms with E-state index in [2.05, 4.69) is 28.2 Å². The summed E-state index contributed by atoms with van der Waals surface area (Å²) in [5.41, 5.74) is 4.26. The third kappa shape index (κ3) is 6.05. The van der Waals surface area contributed by atoms with Crippen molar-refractivity contribution in [1.29, 1.82) is 0 Å². The normalized spacial score (nSPS) is 21.2. The van der Waals surface area contributed by atoms with Gasteiger partial charge in [-0.2, -0.15) is 0 Å². The molecule has 0 saturated heterocycles. The molecule has 1 aromatic carbocycles. The minimum Gasteiger partial charge on any atom is -0.390 e. The maximum absolute atomic E-state index is 13.1. The Morgan fingerprint density at radius 3 is 2.48 bits per heavy atom. The fourth-order valence-electron chi connectivity index (χ4n) is 5.19. The van der Waals surface area contributed by atoms with E-state index in [1.165, 1.54) is 0 Å². The molecule has 180 valence electrons. The van der Waals surface area contributed by atoms with Crippen LogP contribution >= 0.6 is 0 Å². The molecule has 1 aliphatic rings. The number of carbonyl (C=O) groups excluding carboxylic acids is 1. The summed E-state index contributed by atoms with van der Waals surface area (Å²) in [7, 11) is 0. The Morgan fingerprint density at radius 1 is 1.21 bits per heavy atom. The number of rotatable bonds is 6. The molecule has 2 aromatic rings. The molecule has 0 aliphatic heterocycles. The van der Waals surface area contributed by atoms with Crippen LogP contribution in [0.5, 0.6) is 0 Å². The number of H-pyrrole nitrogens is 1. The predicted octanol–water partition coefficient (Wildman–Crippen LogP) is 4.53. The molecule has 1 amide bonds. The Balaban J connectivity index is 1.77. The van der Waals surface area contributed by atoms with Crippen molar-refractivity contribution in [3.63, 3.8) is 0 Å². The van der Waals surface area contributed by atoms with E-state index in [4.69, 9.17) is 0 Å². The molecule has 6 heteroatoms. The van der Waals surface area contributed by atoms with Crippen LogP contribution in [-0.4, -0.2) is 34.2 Å². The van der Waals surface area contributed by atoms with Crippen LogP contribution in [0.1, 0.15) is 85.1 Å². The summed E-state index contributed by atoms with van der Waals surface area (Å²) >= 11 is 0. The third-order valence-electron chi connectivity index (χ3n) is 7.07. The number of nitrogens with one attached hydrogen (secondary N) is 2. The van der Waals surface area contributed by atoms with Crippen molar-refractivity contribution < 1.29 is 9.90 Å². The van der Waals surface area contributed by atoms with E-state index in [0.29, 0.717) is 17.2 Å². The van der Waals surface area contributed by atoms with Crippen molar-refractivity contribution in [1.82, 2.24) is 10.3 Å². The second-order valence-electron chi connectivity index (χ2n) is 9.80. The first-order chi connectivity index (χ1) is 15.6. The van der Waals surface area contributed by atoms with Gasteiger partial charge in [0.2, 0.25) is 0 Å². The first-order valence-corrected chi connectivity index (χ1v) is 12.2. The van der Waals surface area contributed by atoms with Crippen LogP contribution in [0.3, 0.4) is 0 Å². The van der Waals surface area contributed by atoms with Gasteiger partial charge in [-0.05, 0) is 102 Å². The van der Waals surface area contributed by atoms with E-state index in [0.717, 1.165) is 67.6 Å². The zero-order valence-corrected chi connectivity index (χ0v) is 20.8. The van der Waals surface area contributed by atoms with Gasteiger partial charge in [0.25, 0.3) is 11.5 Å². The number of nitrogens with zero attached hydrogens (tertiary/aromatic N) is 1. The molecule has 6 nitrogen and oxygen atoms in total. The average molecular weight is 454 g/mol. The molecule has 0 unspecified atom stereocenters. The molecule has 0 radical (unpaired) electrons. The van der Waals surface area contributed by atoms with Gasteiger partial charge in [0, 0.05) is 41.6 Å². The minimum absolute atomic E-state index is 0.154. The van der Waals surface area contributed by atoms with Gasteiger partial charge in [-0.3, -0.25) is 9.59 Å². The van der Waals surface area contributed by atoms with Gasteiger partial charge >= 0.3 is 0 Å². The summed E-state index contributed by atoms with van der Waals surface area (Å²) < 4.78 is 0. The topological polar surface area (TPSA) is 85.4 Å². The van der Waals surface area contributed by atoms with Crippen LogP contribution in [0.25, 0.3) is 0 Å². The molecule has 0 spiro atoms. The first kappa shape index (κ1) is 25.0. The first-order valence-electron chi connectivity index (χ1n) is 12.2. The smallest absolute Gasteiger partial charge is 0.253 e. The molecule has 3 N–H and O–H groups in total. The van der Waals surface area contributed by atoms with Crippen LogP contribution in [0.2, 0.25) is 0 Å². The summed E-state index contributed by atoms with van der Waals surface area (Å²) in [4.78, 5) is 30.6. The van der Waals surface area contributed by atoms with Crippen molar-refractivity contribution in [2.24, 2.45) is 0 Å². The van der Waals surface area contributed by atoms with E-state index in [1.807, 2.05) is 45.9 Å². The Hall–Kier alpha value is -2.60. The van der Waals surface area contributed by atoms with Crippen molar-refractivity contribution in [3.8, 4) is 0 Å². The van der Waals surface area contributed by atoms with Gasteiger partial charge in [0.15, 0.2) is 0 Å². The van der Waals surface area contributed by atoms with E-state index >= 15 is 0 Å². The number of hydrogen-bond acceptors (Lipinski definition) is 4. The minimum atomic E-state index is -0.548. The highest BCUT2D eigenvalue weighted by atomic mass is 16.3. The number of pyridine rings is 1. The van der Waals surface area contributed by atoms with Crippen molar-refractivity contribution in [2.75, 3.05) is 11.4 Å². The second kappa shape index (κ2) is 10.6. The molecule has 1 aliphatic carbocycles. The number of amides is 1. The fraction of sp³-hybridized carbons (Fsp3) is 0.556. The Kier molecular flexibility index (Phi) is 8.01. The third-order valence-corrected chi connectivity index (χ3v) is 7.07. The number of aromatic amines is 1. The summed E-state index contributed by atoms with van der Waals surface area (Å²) in [6, 6.07) is 8.21. The zero-order chi connectivity index (χ0) is 24.2. The van der Waals surface area contributed by atoms with E-state index in [1.54, 1.807) is 0 Å². The van der Waals surface area contributed by atoms with Crippen molar-refractivity contribution in [3.05, 3.63) is 62.6 Å². The van der Waals surface area contributed by atoms with Crippen LogP contribution in [0.15, 0.2) is 29.1 Å². The number of aromatic nitrogens is 1. The molecule has 1 fully saturated rings. The fourth-order valence-corrected chi connectivity index (χ4v) is 5.19. The van der Waals surface area contributed by atoms with Crippen LogP contribution in [0.4, 0.5) is 5.69 Å². The molecule has 1 saturated carbocycles. The molecule has 0 atom stereocenters. The van der Waals surface area contributed by atoms with Crippen LogP contribution in [-0.2, 0) is 6.54 Å². The van der Waals surface area contributed by atoms with E-state index < -0.39 is 5.60 Å². The largest absolute Gasteiger partial charge is 0.390 e. The van der Waals surface area contributed by atoms with Gasteiger partial charge in [-0.1, -0.05) is 6.07 Å². The number of carbonyl (C=O) groups is 1. The highest BCUT2D eigenvalue weighted by Gasteiger charge is 2.27. The van der Waals surface area contributed by atoms with Gasteiger partial charge in [0.1, 0.15) is 0 Å². The van der Waals surface area contributed by atoms with Crippen LogP contribution < -0.4 is 15.8 Å². The van der Waals surface area contributed by atoms with Gasteiger partial charge in [0.05, 0.1) is 5.60 Å². The maximum Gasteiger partial charge on any atom is 0.253 e. The molecular weight excluding hydrogens is 414 g/mol. The highest BCUT2D eigenvalue weighted by molar-refractivity contribution is 5.97. The molecule has 0 bridgehead atoms. The lowest BCUT2D eigenvalue weighted by molar-refractivity contribution is 0.0313. The van der Waals surface area contributed by atoms with Gasteiger partial charge < -0.3 is 20.3 Å². The Bertz CT molecular complexity index is 1030. The zero-order valence-electron chi connectivity index (χ0n) is 20.8. The molecule has 1 aromatic heterocycles. The number of aliphatic hydroxyl groups is 1. The number of hydrogen-bond donors (Lipinski definition) is 3. The molecule has 33 heavy (non-hydrogen) atoms. The number of benzene rings is 1. The molecular formula is C27H39N3O3. The number of anilines is 1. The van der Waals surface area contributed by atoms with Gasteiger partial charge in [-0.25, -0.2) is 0 Å². The van der Waals surface area contributed by atoms with E-state index in [9.17, 15) is 14.7 Å². The number of aryl methyl sites for hydroxylation is 2. The Labute approximate surface area is 197 Å². The summed E-state index contributed by atoms with van der Waals surface area (Å²) in [6.07, 6.45) is 5.74. The van der Waals surface area contributed by atoms with Crippen LogP contribution in [0, 0.1) is 20.8 Å². The quantitative estimate of drug-likeness (QED) is 0.600. The van der Waals surface area contributed by atoms with Gasteiger partial charge in [-0.15, -0.1) is 0 Å². The lowest BCUT2D eigenvalue weighted by atomic mass is 9.86. The summed E-state index contributed by atoms with van der Waals surface area (Å²) in [5, 5.41) is 13.4. The molecule has 3 rings (SSSR count). The SMILES string of the molecule is CCN(c1cccc(C(=O)NCc2c(C)cc(C)[nH]c2=O)c1C)C1CCCC(C)(O)CCC1. The highest BCUT2D eigenvalue weighted by Crippen LogP contribution is 2.32. The lowest BCUT2D eigenvalue weighted by Gasteiger charge is -2.37. The maximum atomic E-state index is 13.1. The molecule has 1 heterocycles. The standard InChI is InChI=1S/C27H39N3O3/c1-6-30(21-10-8-14-27(5,33)15-9-11-21)24-13-7-12-22(20(24)4)25(31)28-17-23-18(2)16-19(3)29-26(23)32/h7,12-13,16,21,33H,6,8-11,14-15,17H2,1-5H3,(H,28,31)(H,29,32). The summed E-state index contributed by atoms with van der Waals surface area (Å²) in [6.45, 7) is 10.9. The van der Waals surface area contributed by atoms with Crippen molar-refractivity contribution >= 4 is 11.6 Å². The second-order valence-corrected chi connectivity index (χ2v) is 9.80.